The SMILES string of the molecule is CN1CCC(n2c(=O)[nH]c3cnc(-c4cnc5ccccn45)nc32)CC1. The molecule has 0 aromatic carbocycles. The summed E-state index contributed by atoms with van der Waals surface area (Å²) < 4.78 is 3.75. The maximum Gasteiger partial charge on any atom is 0.327 e. The van der Waals surface area contributed by atoms with Crippen molar-refractivity contribution in [3.8, 4) is 11.5 Å². The standard InChI is InChI=1S/C18H19N7O/c1-23-8-5-12(6-9-23)25-17-13(21-18(25)26)10-20-16(22-17)14-11-19-15-4-2-3-7-24(14)15/h2-4,7,10-12H,5-6,8-9H2,1H3,(H,21,26). The van der Waals surface area contributed by atoms with Gasteiger partial charge < -0.3 is 9.88 Å². The van der Waals surface area contributed by atoms with E-state index in [2.05, 4.69) is 26.9 Å². The summed E-state index contributed by atoms with van der Waals surface area (Å²) in [6, 6.07) is 5.99. The van der Waals surface area contributed by atoms with Gasteiger partial charge in [0.05, 0.1) is 12.4 Å². The van der Waals surface area contributed by atoms with Crippen molar-refractivity contribution < 1.29 is 0 Å². The number of H-pyrrole nitrogens is 1. The molecule has 1 fully saturated rings. The Morgan fingerprint density at radius 2 is 2.00 bits per heavy atom. The molecular weight excluding hydrogens is 330 g/mol. The second-order valence-electron chi connectivity index (χ2n) is 6.84. The molecule has 1 aliphatic heterocycles. The maximum atomic E-state index is 12.5. The first-order valence-electron chi connectivity index (χ1n) is 8.79. The minimum Gasteiger partial charge on any atom is -0.306 e. The minimum absolute atomic E-state index is 0.112. The van der Waals surface area contributed by atoms with Crippen LogP contribution >= 0.6 is 0 Å². The number of aromatic amines is 1. The van der Waals surface area contributed by atoms with Gasteiger partial charge in [0.15, 0.2) is 11.5 Å². The number of aromatic nitrogens is 6. The van der Waals surface area contributed by atoms with Gasteiger partial charge in [-0.2, -0.15) is 0 Å². The van der Waals surface area contributed by atoms with Crippen LogP contribution in [0.3, 0.4) is 0 Å². The first-order valence-corrected chi connectivity index (χ1v) is 8.79. The Labute approximate surface area is 149 Å². The van der Waals surface area contributed by atoms with Crippen LogP contribution in [-0.4, -0.2) is 53.9 Å². The molecule has 0 bridgehead atoms. The second kappa shape index (κ2) is 5.77. The summed E-state index contributed by atoms with van der Waals surface area (Å²) in [6.07, 6.45) is 7.27. The molecule has 1 N–H and O–H groups in total. The first kappa shape index (κ1) is 15.3. The summed E-state index contributed by atoms with van der Waals surface area (Å²) in [5.74, 6) is 0.567. The normalized spacial score (nSPS) is 16.7. The summed E-state index contributed by atoms with van der Waals surface area (Å²) in [6.45, 7) is 1.96. The lowest BCUT2D eigenvalue weighted by Crippen LogP contribution is -2.34. The summed E-state index contributed by atoms with van der Waals surface area (Å²) in [5, 5.41) is 0. The zero-order chi connectivity index (χ0) is 17.7. The Bertz CT molecular complexity index is 1150. The molecule has 5 rings (SSSR count). The predicted molar refractivity (Wildman–Crippen MR) is 98.1 cm³/mol. The lowest BCUT2D eigenvalue weighted by Gasteiger charge is -2.29. The van der Waals surface area contributed by atoms with Crippen molar-refractivity contribution in [2.75, 3.05) is 20.1 Å². The van der Waals surface area contributed by atoms with Gasteiger partial charge in [-0.3, -0.25) is 8.97 Å². The van der Waals surface area contributed by atoms with Gasteiger partial charge in [-0.15, -0.1) is 0 Å². The van der Waals surface area contributed by atoms with E-state index in [1.54, 1.807) is 17.0 Å². The summed E-state index contributed by atoms with van der Waals surface area (Å²) in [4.78, 5) is 31.3. The van der Waals surface area contributed by atoms with Crippen LogP contribution in [0.5, 0.6) is 0 Å². The Hall–Kier alpha value is -3.00. The fourth-order valence-corrected chi connectivity index (χ4v) is 3.73. The van der Waals surface area contributed by atoms with Crippen LogP contribution in [0.2, 0.25) is 0 Å². The zero-order valence-electron chi connectivity index (χ0n) is 14.5. The molecule has 0 radical (unpaired) electrons. The third kappa shape index (κ3) is 2.33. The van der Waals surface area contributed by atoms with Crippen molar-refractivity contribution in [2.45, 2.75) is 18.9 Å². The van der Waals surface area contributed by atoms with E-state index in [9.17, 15) is 4.79 Å². The molecule has 0 spiro atoms. The van der Waals surface area contributed by atoms with Crippen LogP contribution in [-0.2, 0) is 0 Å². The van der Waals surface area contributed by atoms with Gasteiger partial charge in [0.1, 0.15) is 16.9 Å². The lowest BCUT2D eigenvalue weighted by molar-refractivity contribution is 0.221. The highest BCUT2D eigenvalue weighted by Gasteiger charge is 2.23. The van der Waals surface area contributed by atoms with E-state index in [1.165, 1.54) is 0 Å². The Morgan fingerprint density at radius 1 is 1.15 bits per heavy atom. The van der Waals surface area contributed by atoms with Gasteiger partial charge >= 0.3 is 5.69 Å². The molecule has 0 amide bonds. The molecule has 0 saturated carbocycles. The number of pyridine rings is 1. The molecule has 1 aliphatic rings. The van der Waals surface area contributed by atoms with Crippen LogP contribution in [0.15, 0.2) is 41.6 Å². The molecule has 8 nitrogen and oxygen atoms in total. The quantitative estimate of drug-likeness (QED) is 0.595. The van der Waals surface area contributed by atoms with Gasteiger partial charge in [-0.25, -0.2) is 19.7 Å². The van der Waals surface area contributed by atoms with Gasteiger partial charge in [-0.05, 0) is 45.1 Å². The van der Waals surface area contributed by atoms with Gasteiger partial charge in [0.2, 0.25) is 0 Å². The monoisotopic (exact) mass is 349 g/mol. The van der Waals surface area contributed by atoms with Crippen molar-refractivity contribution in [2.24, 2.45) is 0 Å². The molecule has 132 valence electrons. The zero-order valence-corrected chi connectivity index (χ0v) is 14.5. The van der Waals surface area contributed by atoms with Gasteiger partial charge in [0, 0.05) is 12.2 Å². The highest BCUT2D eigenvalue weighted by Crippen LogP contribution is 2.25. The van der Waals surface area contributed by atoms with Crippen molar-refractivity contribution >= 4 is 16.8 Å². The van der Waals surface area contributed by atoms with Crippen molar-refractivity contribution in [1.29, 1.82) is 0 Å². The highest BCUT2D eigenvalue weighted by atomic mass is 16.1. The van der Waals surface area contributed by atoms with E-state index in [0.717, 1.165) is 37.3 Å². The van der Waals surface area contributed by atoms with Crippen molar-refractivity contribution in [1.82, 2.24) is 33.8 Å². The molecule has 8 heteroatoms. The summed E-state index contributed by atoms with van der Waals surface area (Å²) in [7, 11) is 2.11. The molecule has 0 atom stereocenters. The molecule has 4 aromatic rings. The largest absolute Gasteiger partial charge is 0.327 e. The number of piperidine rings is 1. The number of nitrogens with one attached hydrogen (secondary N) is 1. The van der Waals surface area contributed by atoms with E-state index >= 15 is 0 Å². The second-order valence-corrected chi connectivity index (χ2v) is 6.84. The summed E-state index contributed by atoms with van der Waals surface area (Å²) in [5.41, 5.74) is 2.88. The van der Waals surface area contributed by atoms with Gasteiger partial charge in [0.25, 0.3) is 0 Å². The predicted octanol–water partition coefficient (Wildman–Crippen LogP) is 1.70. The molecule has 0 unspecified atom stereocenters. The highest BCUT2D eigenvalue weighted by molar-refractivity contribution is 5.72. The fraction of sp³-hybridized carbons (Fsp3) is 0.333. The molecule has 4 aromatic heterocycles. The van der Waals surface area contributed by atoms with Gasteiger partial charge in [-0.1, -0.05) is 6.07 Å². The van der Waals surface area contributed by atoms with E-state index < -0.39 is 0 Å². The van der Waals surface area contributed by atoms with E-state index in [-0.39, 0.29) is 11.7 Å². The van der Waals surface area contributed by atoms with Crippen LogP contribution in [0.1, 0.15) is 18.9 Å². The number of likely N-dealkylation sites (tertiary alicyclic amines) is 1. The number of nitrogens with zero attached hydrogens (tertiary/aromatic N) is 6. The molecule has 5 heterocycles. The molecule has 26 heavy (non-hydrogen) atoms. The Kier molecular flexibility index (Phi) is 3.39. The number of hydrogen-bond acceptors (Lipinski definition) is 5. The smallest absolute Gasteiger partial charge is 0.306 e. The average molecular weight is 349 g/mol. The minimum atomic E-state index is -0.112. The van der Waals surface area contributed by atoms with Crippen LogP contribution in [0, 0.1) is 0 Å². The van der Waals surface area contributed by atoms with Crippen LogP contribution in [0.4, 0.5) is 0 Å². The van der Waals surface area contributed by atoms with E-state index in [1.807, 2.05) is 28.8 Å². The molecule has 0 aliphatic carbocycles. The molecular formula is C18H19N7O. The third-order valence-electron chi connectivity index (χ3n) is 5.16. The molecule has 1 saturated heterocycles. The number of imidazole rings is 2. The lowest BCUT2D eigenvalue weighted by atomic mass is 10.1. The Balaban J connectivity index is 1.65. The number of fused-ring (bicyclic) bond motifs is 2. The average Bonchev–Trinajstić information content (AvgIpc) is 3.22. The first-order chi connectivity index (χ1) is 12.7. The topological polar surface area (TPSA) is 84.1 Å². The summed E-state index contributed by atoms with van der Waals surface area (Å²) >= 11 is 0. The third-order valence-corrected chi connectivity index (χ3v) is 5.16. The fourth-order valence-electron chi connectivity index (χ4n) is 3.73. The Morgan fingerprint density at radius 3 is 2.85 bits per heavy atom. The van der Waals surface area contributed by atoms with E-state index in [0.29, 0.717) is 17.0 Å². The van der Waals surface area contributed by atoms with Crippen molar-refractivity contribution in [3.05, 3.63) is 47.3 Å². The maximum absolute atomic E-state index is 12.5. The number of rotatable bonds is 2. The van der Waals surface area contributed by atoms with E-state index in [4.69, 9.17) is 4.98 Å². The van der Waals surface area contributed by atoms with Crippen LogP contribution < -0.4 is 5.69 Å². The van der Waals surface area contributed by atoms with Crippen LogP contribution in [0.25, 0.3) is 28.3 Å². The number of hydrogen-bond donors (Lipinski definition) is 1. The van der Waals surface area contributed by atoms with Crippen molar-refractivity contribution in [3.63, 3.8) is 0 Å².